The molecule has 3 unspecified atom stereocenters. The second-order valence-corrected chi connectivity index (χ2v) is 7.29. The van der Waals surface area contributed by atoms with Gasteiger partial charge in [-0.1, -0.05) is 12.5 Å². The average Bonchev–Trinajstić information content (AvgIpc) is 3.13. The Balaban J connectivity index is 1.62. The average molecular weight is 313 g/mol. The lowest BCUT2D eigenvalue weighted by Gasteiger charge is -2.25. The number of carboxylic acid groups (broad SMARTS) is 1. The maximum Gasteiger partial charge on any atom is 0.326 e. The quantitative estimate of drug-likeness (QED) is 0.913. The van der Waals surface area contributed by atoms with E-state index >= 15 is 0 Å². The summed E-state index contributed by atoms with van der Waals surface area (Å²) < 4.78 is 0. The number of carboxylic acids is 1. The van der Waals surface area contributed by atoms with Crippen LogP contribution in [0.4, 0.5) is 0 Å². The van der Waals surface area contributed by atoms with Crippen molar-refractivity contribution < 1.29 is 14.7 Å². The van der Waals surface area contributed by atoms with Crippen molar-refractivity contribution in [1.82, 2.24) is 4.90 Å². The van der Waals surface area contributed by atoms with Gasteiger partial charge in [0, 0.05) is 12.1 Å². The van der Waals surface area contributed by atoms with Gasteiger partial charge in [-0.3, -0.25) is 4.79 Å². The molecule has 1 saturated heterocycles. The first-order chi connectivity index (χ1) is 11.1. The van der Waals surface area contributed by atoms with Gasteiger partial charge in [0.25, 0.3) is 5.91 Å². The fourth-order valence-electron chi connectivity index (χ4n) is 4.86. The van der Waals surface area contributed by atoms with Crippen LogP contribution in [0.2, 0.25) is 0 Å². The summed E-state index contributed by atoms with van der Waals surface area (Å²) in [6.07, 6.45) is 7.62. The summed E-state index contributed by atoms with van der Waals surface area (Å²) in [6, 6.07) is 5.32. The van der Waals surface area contributed by atoms with Crippen LogP contribution in [0.3, 0.4) is 0 Å². The standard InChI is InChI=1S/C19H23NO3/c21-18(14-9-8-12-4-1-2-5-13(12)10-14)20-11-15-6-3-7-16(15)17(20)19(22)23/h8-10,15-17H,1-7,11H2,(H,22,23). The number of rotatable bonds is 2. The van der Waals surface area contributed by atoms with Crippen LogP contribution in [0.25, 0.3) is 0 Å². The highest BCUT2D eigenvalue weighted by molar-refractivity contribution is 5.97. The summed E-state index contributed by atoms with van der Waals surface area (Å²) in [5.41, 5.74) is 3.28. The lowest BCUT2D eigenvalue weighted by molar-refractivity contribution is -0.142. The Morgan fingerprint density at radius 3 is 2.61 bits per heavy atom. The molecule has 0 spiro atoms. The van der Waals surface area contributed by atoms with Gasteiger partial charge in [-0.05, 0) is 73.6 Å². The number of carbonyl (C=O) groups excluding carboxylic acids is 1. The van der Waals surface area contributed by atoms with E-state index in [0.29, 0.717) is 18.0 Å². The van der Waals surface area contributed by atoms with Crippen molar-refractivity contribution in [3.8, 4) is 0 Å². The molecule has 1 heterocycles. The Bertz CT molecular complexity index is 654. The van der Waals surface area contributed by atoms with Crippen LogP contribution in [0.15, 0.2) is 18.2 Å². The Labute approximate surface area is 136 Å². The minimum absolute atomic E-state index is 0.0971. The smallest absolute Gasteiger partial charge is 0.326 e. The number of carbonyl (C=O) groups is 2. The van der Waals surface area contributed by atoms with Crippen molar-refractivity contribution in [1.29, 1.82) is 0 Å². The van der Waals surface area contributed by atoms with Crippen LogP contribution in [0.1, 0.15) is 53.6 Å². The summed E-state index contributed by atoms with van der Waals surface area (Å²) in [7, 11) is 0. The molecule has 1 aromatic carbocycles. The largest absolute Gasteiger partial charge is 0.480 e. The van der Waals surface area contributed by atoms with E-state index in [-0.39, 0.29) is 11.8 Å². The minimum atomic E-state index is -0.842. The van der Waals surface area contributed by atoms with Gasteiger partial charge in [0.05, 0.1) is 0 Å². The summed E-state index contributed by atoms with van der Waals surface area (Å²) in [4.78, 5) is 26.3. The molecule has 4 heteroatoms. The maximum atomic E-state index is 12.9. The summed E-state index contributed by atoms with van der Waals surface area (Å²) in [5.74, 6) is -0.419. The van der Waals surface area contributed by atoms with Crippen LogP contribution in [0.5, 0.6) is 0 Å². The number of benzene rings is 1. The molecule has 3 atom stereocenters. The third-order valence-electron chi connectivity index (χ3n) is 6.00. The van der Waals surface area contributed by atoms with Crippen molar-refractivity contribution in [3.05, 3.63) is 34.9 Å². The predicted octanol–water partition coefficient (Wildman–Crippen LogP) is 2.89. The lowest BCUT2D eigenvalue weighted by atomic mass is 9.90. The van der Waals surface area contributed by atoms with Crippen LogP contribution in [0, 0.1) is 11.8 Å². The highest BCUT2D eigenvalue weighted by Crippen LogP contribution is 2.42. The summed E-state index contributed by atoms with van der Waals surface area (Å²) in [6.45, 7) is 0.609. The van der Waals surface area contributed by atoms with E-state index in [0.717, 1.165) is 32.1 Å². The first-order valence-corrected chi connectivity index (χ1v) is 8.81. The normalized spacial score (nSPS) is 29.2. The number of aliphatic carboxylic acids is 1. The van der Waals surface area contributed by atoms with E-state index in [4.69, 9.17) is 0 Å². The molecule has 1 amide bonds. The summed E-state index contributed by atoms with van der Waals surface area (Å²) in [5, 5.41) is 9.62. The SMILES string of the molecule is O=C(O)C1C2CCCC2CN1C(=O)c1ccc2c(c1)CCCC2. The molecule has 1 N–H and O–H groups in total. The highest BCUT2D eigenvalue weighted by Gasteiger charge is 2.49. The molecule has 1 aromatic rings. The van der Waals surface area contributed by atoms with Gasteiger partial charge in [-0.25, -0.2) is 4.79 Å². The van der Waals surface area contributed by atoms with Crippen molar-refractivity contribution in [2.75, 3.05) is 6.54 Å². The molecular weight excluding hydrogens is 290 g/mol. The molecular formula is C19H23NO3. The zero-order valence-corrected chi connectivity index (χ0v) is 13.3. The zero-order chi connectivity index (χ0) is 16.0. The van der Waals surface area contributed by atoms with E-state index in [1.807, 2.05) is 12.1 Å². The molecule has 4 rings (SSSR count). The molecule has 0 radical (unpaired) electrons. The van der Waals surface area contributed by atoms with Gasteiger partial charge < -0.3 is 10.0 Å². The molecule has 0 bridgehead atoms. The first-order valence-electron chi connectivity index (χ1n) is 8.81. The number of fused-ring (bicyclic) bond motifs is 2. The van der Waals surface area contributed by atoms with Gasteiger partial charge in [0.2, 0.25) is 0 Å². The Kier molecular flexibility index (Phi) is 3.63. The van der Waals surface area contributed by atoms with E-state index in [9.17, 15) is 14.7 Å². The van der Waals surface area contributed by atoms with Crippen LogP contribution in [-0.2, 0) is 17.6 Å². The maximum absolute atomic E-state index is 12.9. The van der Waals surface area contributed by atoms with Crippen molar-refractivity contribution in [3.63, 3.8) is 0 Å². The number of nitrogens with zero attached hydrogens (tertiary/aromatic N) is 1. The topological polar surface area (TPSA) is 57.6 Å². The van der Waals surface area contributed by atoms with Crippen molar-refractivity contribution in [2.45, 2.75) is 51.0 Å². The van der Waals surface area contributed by atoms with Crippen LogP contribution in [-0.4, -0.2) is 34.5 Å². The molecule has 0 aromatic heterocycles. The number of hydrogen-bond acceptors (Lipinski definition) is 2. The molecule has 1 saturated carbocycles. The third kappa shape index (κ3) is 2.44. The van der Waals surface area contributed by atoms with Gasteiger partial charge in [-0.2, -0.15) is 0 Å². The second-order valence-electron chi connectivity index (χ2n) is 7.29. The molecule has 2 fully saturated rings. The van der Waals surface area contributed by atoms with Gasteiger partial charge in [0.1, 0.15) is 6.04 Å². The van der Waals surface area contributed by atoms with Gasteiger partial charge in [0.15, 0.2) is 0 Å². The fourth-order valence-corrected chi connectivity index (χ4v) is 4.86. The summed E-state index contributed by atoms with van der Waals surface area (Å²) >= 11 is 0. The third-order valence-corrected chi connectivity index (χ3v) is 6.00. The monoisotopic (exact) mass is 313 g/mol. The number of amides is 1. The Hall–Kier alpha value is -1.84. The van der Waals surface area contributed by atoms with E-state index in [1.165, 1.54) is 24.0 Å². The zero-order valence-electron chi connectivity index (χ0n) is 13.3. The van der Waals surface area contributed by atoms with Crippen molar-refractivity contribution >= 4 is 11.9 Å². The number of likely N-dealkylation sites (tertiary alicyclic amines) is 1. The first kappa shape index (κ1) is 14.7. The molecule has 4 nitrogen and oxygen atoms in total. The Morgan fingerprint density at radius 2 is 1.83 bits per heavy atom. The highest BCUT2D eigenvalue weighted by atomic mass is 16.4. The van der Waals surface area contributed by atoms with E-state index < -0.39 is 12.0 Å². The predicted molar refractivity (Wildman–Crippen MR) is 86.4 cm³/mol. The van der Waals surface area contributed by atoms with Crippen LogP contribution < -0.4 is 0 Å². The molecule has 3 aliphatic rings. The van der Waals surface area contributed by atoms with Crippen LogP contribution >= 0.6 is 0 Å². The fraction of sp³-hybridized carbons (Fsp3) is 0.579. The second kappa shape index (κ2) is 5.66. The van der Waals surface area contributed by atoms with Crippen molar-refractivity contribution in [2.24, 2.45) is 11.8 Å². The number of aryl methyl sites for hydroxylation is 2. The molecule has 1 aliphatic heterocycles. The van der Waals surface area contributed by atoms with Gasteiger partial charge >= 0.3 is 5.97 Å². The van der Waals surface area contributed by atoms with E-state index in [1.54, 1.807) is 4.90 Å². The molecule has 122 valence electrons. The van der Waals surface area contributed by atoms with E-state index in [2.05, 4.69) is 6.07 Å². The number of hydrogen-bond donors (Lipinski definition) is 1. The molecule has 2 aliphatic carbocycles. The lowest BCUT2D eigenvalue weighted by Crippen LogP contribution is -2.43. The minimum Gasteiger partial charge on any atom is -0.480 e. The Morgan fingerprint density at radius 1 is 1.04 bits per heavy atom. The van der Waals surface area contributed by atoms with Gasteiger partial charge in [-0.15, -0.1) is 0 Å². The molecule has 23 heavy (non-hydrogen) atoms.